The van der Waals surface area contributed by atoms with Crippen LogP contribution in [0, 0.1) is 6.92 Å². The summed E-state index contributed by atoms with van der Waals surface area (Å²) in [5.74, 6) is -0.554. The Bertz CT molecular complexity index is 367. The lowest BCUT2D eigenvalue weighted by Gasteiger charge is -1.98. The van der Waals surface area contributed by atoms with Gasteiger partial charge in [-0.25, -0.2) is 4.79 Å². The Kier molecular flexibility index (Phi) is 3.01. The zero-order chi connectivity index (χ0) is 10.7. The minimum atomic E-state index is -0.630. The summed E-state index contributed by atoms with van der Waals surface area (Å²) in [6.45, 7) is 4.84. The molecule has 0 aliphatic heterocycles. The third-order valence-electron chi connectivity index (χ3n) is 1.68. The van der Waals surface area contributed by atoms with Crippen molar-refractivity contribution in [2.45, 2.75) is 20.8 Å². The zero-order valence-electron chi connectivity index (χ0n) is 8.29. The highest BCUT2D eigenvalue weighted by atomic mass is 16.5. The van der Waals surface area contributed by atoms with Gasteiger partial charge in [-0.2, -0.15) is 0 Å². The predicted octanol–water partition coefficient (Wildman–Crippen LogP) is 1.36. The number of Topliss-reactive ketones (excluding diaryl/α,β-unsaturated/α-hetero) is 1. The van der Waals surface area contributed by atoms with E-state index in [2.05, 4.69) is 5.16 Å². The second-order valence-electron chi connectivity index (χ2n) is 2.74. The van der Waals surface area contributed by atoms with E-state index in [1.807, 2.05) is 0 Å². The first-order valence-electron chi connectivity index (χ1n) is 4.22. The largest absolute Gasteiger partial charge is 0.461 e. The van der Waals surface area contributed by atoms with Gasteiger partial charge in [0.05, 0.1) is 12.2 Å². The van der Waals surface area contributed by atoms with Gasteiger partial charge in [-0.15, -0.1) is 0 Å². The number of carbonyl (C=O) groups is 2. The van der Waals surface area contributed by atoms with Gasteiger partial charge in [-0.1, -0.05) is 5.16 Å². The number of rotatable bonds is 3. The first kappa shape index (κ1) is 10.4. The number of carbonyl (C=O) groups excluding carboxylic acids is 2. The zero-order valence-corrected chi connectivity index (χ0v) is 8.29. The molecule has 0 radical (unpaired) electrons. The molecule has 0 amide bonds. The standard InChI is InChI=1S/C9H11NO4/c1-4-13-9(12)8-7(5(2)11)6(3)14-10-8/h4H2,1-3H3. The van der Waals surface area contributed by atoms with Crippen molar-refractivity contribution in [2.75, 3.05) is 6.61 Å². The van der Waals surface area contributed by atoms with Crippen molar-refractivity contribution in [1.29, 1.82) is 0 Å². The summed E-state index contributed by atoms with van der Waals surface area (Å²) in [5.41, 5.74) is 0.153. The number of hydrogen-bond donors (Lipinski definition) is 0. The fraction of sp³-hybridized carbons (Fsp3) is 0.444. The van der Waals surface area contributed by atoms with Gasteiger partial charge in [0, 0.05) is 0 Å². The van der Waals surface area contributed by atoms with Crippen LogP contribution in [0.15, 0.2) is 4.52 Å². The topological polar surface area (TPSA) is 69.4 Å². The van der Waals surface area contributed by atoms with Gasteiger partial charge in [-0.3, -0.25) is 4.79 Å². The molecule has 5 nitrogen and oxygen atoms in total. The van der Waals surface area contributed by atoms with Crippen LogP contribution in [-0.2, 0) is 4.74 Å². The average molecular weight is 197 g/mol. The lowest BCUT2D eigenvalue weighted by atomic mass is 10.1. The number of ketones is 1. The normalized spacial score (nSPS) is 9.93. The van der Waals surface area contributed by atoms with E-state index in [4.69, 9.17) is 9.26 Å². The van der Waals surface area contributed by atoms with E-state index in [1.165, 1.54) is 6.92 Å². The fourth-order valence-corrected chi connectivity index (χ4v) is 1.13. The molecule has 1 heterocycles. The molecule has 0 aliphatic rings. The molecule has 76 valence electrons. The van der Waals surface area contributed by atoms with Gasteiger partial charge in [0.25, 0.3) is 0 Å². The molecule has 0 aliphatic carbocycles. The summed E-state index contributed by atoms with van der Waals surface area (Å²) in [5, 5.41) is 3.49. The molecule has 1 aromatic rings. The molecule has 1 rings (SSSR count). The predicted molar refractivity (Wildman–Crippen MR) is 47.2 cm³/mol. The Hall–Kier alpha value is -1.65. The SMILES string of the molecule is CCOC(=O)c1noc(C)c1C(C)=O. The van der Waals surface area contributed by atoms with Crippen molar-refractivity contribution in [2.24, 2.45) is 0 Å². The van der Waals surface area contributed by atoms with Crippen LogP contribution in [-0.4, -0.2) is 23.5 Å². The van der Waals surface area contributed by atoms with Crippen LogP contribution in [0.3, 0.4) is 0 Å². The molecule has 0 saturated carbocycles. The van der Waals surface area contributed by atoms with Gasteiger partial charge in [0.15, 0.2) is 5.78 Å². The monoisotopic (exact) mass is 197 g/mol. The number of esters is 1. The third-order valence-corrected chi connectivity index (χ3v) is 1.68. The summed E-state index contributed by atoms with van der Waals surface area (Å²) < 4.78 is 9.47. The highest BCUT2D eigenvalue weighted by molar-refractivity contribution is 6.04. The summed E-state index contributed by atoms with van der Waals surface area (Å²) in [4.78, 5) is 22.4. The summed E-state index contributed by atoms with van der Waals surface area (Å²) in [6.07, 6.45) is 0. The average Bonchev–Trinajstić information content (AvgIpc) is 2.47. The van der Waals surface area contributed by atoms with Crippen LogP contribution < -0.4 is 0 Å². The van der Waals surface area contributed by atoms with Gasteiger partial charge in [0.1, 0.15) is 5.76 Å². The second-order valence-corrected chi connectivity index (χ2v) is 2.74. The van der Waals surface area contributed by atoms with Gasteiger partial charge >= 0.3 is 5.97 Å². The van der Waals surface area contributed by atoms with Crippen LogP contribution in [0.1, 0.15) is 40.5 Å². The van der Waals surface area contributed by atoms with Crippen LogP contribution in [0.5, 0.6) is 0 Å². The molecule has 0 bridgehead atoms. The Balaban J connectivity index is 3.09. The number of aryl methyl sites for hydroxylation is 1. The van der Waals surface area contributed by atoms with E-state index >= 15 is 0 Å². The highest BCUT2D eigenvalue weighted by Crippen LogP contribution is 2.14. The van der Waals surface area contributed by atoms with E-state index in [-0.39, 0.29) is 23.6 Å². The van der Waals surface area contributed by atoms with Crippen molar-refractivity contribution in [1.82, 2.24) is 5.16 Å². The minimum absolute atomic E-state index is 0.0446. The van der Waals surface area contributed by atoms with E-state index in [0.717, 1.165) is 0 Å². The van der Waals surface area contributed by atoms with Crippen LogP contribution in [0.25, 0.3) is 0 Å². The maximum atomic E-state index is 11.3. The smallest absolute Gasteiger partial charge is 0.361 e. The number of aromatic nitrogens is 1. The van der Waals surface area contributed by atoms with Crippen LogP contribution in [0.4, 0.5) is 0 Å². The second kappa shape index (κ2) is 4.04. The maximum Gasteiger partial charge on any atom is 0.361 e. The maximum absolute atomic E-state index is 11.3. The molecule has 0 atom stereocenters. The van der Waals surface area contributed by atoms with Crippen molar-refractivity contribution < 1.29 is 18.8 Å². The molecule has 0 N–H and O–H groups in total. The Morgan fingerprint density at radius 3 is 2.64 bits per heavy atom. The third kappa shape index (κ3) is 1.81. The Morgan fingerprint density at radius 1 is 1.50 bits per heavy atom. The van der Waals surface area contributed by atoms with Gasteiger partial charge in [-0.05, 0) is 20.8 Å². The van der Waals surface area contributed by atoms with Gasteiger partial charge < -0.3 is 9.26 Å². The van der Waals surface area contributed by atoms with E-state index in [9.17, 15) is 9.59 Å². The van der Waals surface area contributed by atoms with Gasteiger partial charge in [0.2, 0.25) is 5.69 Å². The molecule has 0 aromatic carbocycles. The van der Waals surface area contributed by atoms with Crippen molar-refractivity contribution in [3.8, 4) is 0 Å². The van der Waals surface area contributed by atoms with E-state index in [0.29, 0.717) is 5.76 Å². The highest BCUT2D eigenvalue weighted by Gasteiger charge is 2.23. The molecular formula is C9H11NO4. The van der Waals surface area contributed by atoms with Crippen LogP contribution >= 0.6 is 0 Å². The lowest BCUT2D eigenvalue weighted by molar-refractivity contribution is 0.0512. The van der Waals surface area contributed by atoms with Crippen molar-refractivity contribution in [3.63, 3.8) is 0 Å². The van der Waals surface area contributed by atoms with E-state index < -0.39 is 5.97 Å². The first-order valence-corrected chi connectivity index (χ1v) is 4.22. The lowest BCUT2D eigenvalue weighted by Crippen LogP contribution is -2.10. The Morgan fingerprint density at radius 2 is 2.14 bits per heavy atom. The Labute approximate surface area is 81.0 Å². The first-order chi connectivity index (χ1) is 6.57. The summed E-state index contributed by atoms with van der Waals surface area (Å²) >= 11 is 0. The number of nitrogens with zero attached hydrogens (tertiary/aromatic N) is 1. The molecule has 14 heavy (non-hydrogen) atoms. The molecule has 0 fully saturated rings. The van der Waals surface area contributed by atoms with Crippen LogP contribution in [0.2, 0.25) is 0 Å². The summed E-state index contributed by atoms with van der Waals surface area (Å²) in [7, 11) is 0. The van der Waals surface area contributed by atoms with E-state index in [1.54, 1.807) is 13.8 Å². The number of hydrogen-bond acceptors (Lipinski definition) is 5. The molecule has 0 spiro atoms. The van der Waals surface area contributed by atoms with Crippen molar-refractivity contribution in [3.05, 3.63) is 17.0 Å². The minimum Gasteiger partial charge on any atom is -0.461 e. The molecule has 5 heteroatoms. The quantitative estimate of drug-likeness (QED) is 0.540. The molecule has 1 aromatic heterocycles. The summed E-state index contributed by atoms with van der Waals surface area (Å²) in [6, 6.07) is 0. The molecule has 0 unspecified atom stereocenters. The van der Waals surface area contributed by atoms with Crippen molar-refractivity contribution >= 4 is 11.8 Å². The molecule has 0 saturated heterocycles. The fourth-order valence-electron chi connectivity index (χ4n) is 1.13. The number of ether oxygens (including phenoxy) is 1. The molecular weight excluding hydrogens is 186 g/mol.